The summed E-state index contributed by atoms with van der Waals surface area (Å²) in [5.41, 5.74) is 1.44. The highest BCUT2D eigenvalue weighted by atomic mass is 79.9. The van der Waals surface area contributed by atoms with Crippen LogP contribution >= 0.6 is 27.5 Å². The number of rotatable bonds is 3. The van der Waals surface area contributed by atoms with E-state index in [2.05, 4.69) is 15.9 Å². The lowest BCUT2D eigenvalue weighted by molar-refractivity contribution is 0.407. The summed E-state index contributed by atoms with van der Waals surface area (Å²) < 4.78 is 32.8. The zero-order chi connectivity index (χ0) is 14.0. The number of alkyl halides is 1. The molecule has 0 unspecified atom stereocenters. The van der Waals surface area contributed by atoms with Crippen LogP contribution in [0.3, 0.4) is 0 Å². The van der Waals surface area contributed by atoms with Crippen LogP contribution in [0.4, 0.5) is 8.78 Å². The molecule has 0 saturated heterocycles. The van der Waals surface area contributed by atoms with E-state index in [1.54, 1.807) is 18.2 Å². The Morgan fingerprint density at radius 3 is 2.32 bits per heavy atom. The highest BCUT2D eigenvalue weighted by Crippen LogP contribution is 2.33. The Morgan fingerprint density at radius 1 is 1.16 bits per heavy atom. The third-order valence-corrected chi connectivity index (χ3v) is 3.45. The van der Waals surface area contributed by atoms with Gasteiger partial charge in [0.1, 0.15) is 5.75 Å². The largest absolute Gasteiger partial charge is 0.450 e. The van der Waals surface area contributed by atoms with Crippen LogP contribution in [0.15, 0.2) is 30.3 Å². The molecule has 0 aliphatic carbocycles. The van der Waals surface area contributed by atoms with E-state index in [9.17, 15) is 8.78 Å². The van der Waals surface area contributed by atoms with Crippen LogP contribution in [-0.2, 0) is 5.33 Å². The van der Waals surface area contributed by atoms with E-state index in [1.807, 2.05) is 6.92 Å². The molecule has 0 aliphatic heterocycles. The van der Waals surface area contributed by atoms with Gasteiger partial charge in [0.05, 0.1) is 5.02 Å². The average Bonchev–Trinajstić information content (AvgIpc) is 2.35. The summed E-state index contributed by atoms with van der Waals surface area (Å²) >= 11 is 9.11. The molecule has 0 aliphatic rings. The van der Waals surface area contributed by atoms with Crippen LogP contribution in [-0.4, -0.2) is 0 Å². The Hall–Kier alpha value is -1.13. The summed E-state index contributed by atoms with van der Waals surface area (Å²) in [5.74, 6) is -1.75. The number of hydrogen-bond donors (Lipinski definition) is 0. The molecule has 0 saturated carbocycles. The van der Waals surface area contributed by atoms with Crippen molar-refractivity contribution in [2.75, 3.05) is 0 Å². The van der Waals surface area contributed by atoms with Crippen molar-refractivity contribution in [1.82, 2.24) is 0 Å². The highest BCUT2D eigenvalue weighted by Gasteiger charge is 2.14. The first kappa shape index (κ1) is 14.3. The predicted molar refractivity (Wildman–Crippen MR) is 75.3 cm³/mol. The minimum atomic E-state index is -0.758. The van der Waals surface area contributed by atoms with Gasteiger partial charge in [-0.2, -0.15) is 0 Å². The second-order valence-electron chi connectivity index (χ2n) is 4.06. The Labute approximate surface area is 123 Å². The lowest BCUT2D eigenvalue weighted by atomic mass is 10.2. The molecular weight excluding hydrogens is 338 g/mol. The summed E-state index contributed by atoms with van der Waals surface area (Å²) in [6.07, 6.45) is 0. The molecule has 19 heavy (non-hydrogen) atoms. The van der Waals surface area contributed by atoms with Crippen LogP contribution in [0.1, 0.15) is 11.1 Å². The fraction of sp³-hybridized carbons (Fsp3) is 0.143. The van der Waals surface area contributed by atoms with Gasteiger partial charge in [-0.15, -0.1) is 0 Å². The van der Waals surface area contributed by atoms with Crippen LogP contribution in [0.5, 0.6) is 11.5 Å². The molecule has 1 nitrogen and oxygen atoms in total. The third-order valence-electron chi connectivity index (χ3n) is 2.51. The fourth-order valence-corrected chi connectivity index (χ4v) is 2.18. The molecule has 2 rings (SSSR count). The maximum Gasteiger partial charge on any atom is 0.198 e. The molecule has 100 valence electrons. The molecule has 0 spiro atoms. The number of hydrogen-bond acceptors (Lipinski definition) is 1. The van der Waals surface area contributed by atoms with E-state index in [0.29, 0.717) is 15.9 Å². The Bertz CT molecular complexity index is 593. The molecule has 0 fully saturated rings. The molecule has 0 aromatic heterocycles. The Kier molecular flexibility index (Phi) is 4.42. The Balaban J connectivity index is 2.38. The molecule has 0 N–H and O–H groups in total. The van der Waals surface area contributed by atoms with E-state index in [0.717, 1.165) is 5.56 Å². The molecule has 0 atom stereocenters. The first-order valence-electron chi connectivity index (χ1n) is 5.49. The van der Waals surface area contributed by atoms with Gasteiger partial charge in [-0.25, -0.2) is 8.78 Å². The predicted octanol–water partition coefficient (Wildman–Crippen LogP) is 5.61. The van der Waals surface area contributed by atoms with Gasteiger partial charge in [0.15, 0.2) is 17.4 Å². The lowest BCUT2D eigenvalue weighted by Gasteiger charge is -2.10. The fourth-order valence-electron chi connectivity index (χ4n) is 1.59. The molecule has 0 amide bonds. The van der Waals surface area contributed by atoms with Gasteiger partial charge in [-0.3, -0.25) is 0 Å². The molecule has 2 aromatic carbocycles. The number of ether oxygens (including phenoxy) is 1. The second kappa shape index (κ2) is 5.88. The van der Waals surface area contributed by atoms with Gasteiger partial charge in [-0.1, -0.05) is 33.6 Å². The van der Waals surface area contributed by atoms with Crippen molar-refractivity contribution in [2.24, 2.45) is 0 Å². The molecule has 0 heterocycles. The number of aryl methyl sites for hydroxylation is 1. The smallest absolute Gasteiger partial charge is 0.198 e. The SMILES string of the molecule is Cc1ccc(Oc2c(F)cc(CBr)cc2F)c(Cl)c1. The van der Waals surface area contributed by atoms with Crippen molar-refractivity contribution >= 4 is 27.5 Å². The molecule has 2 aromatic rings. The van der Waals surface area contributed by atoms with E-state index < -0.39 is 17.4 Å². The minimum Gasteiger partial charge on any atom is -0.450 e. The summed E-state index contributed by atoms with van der Waals surface area (Å²) in [6, 6.07) is 7.43. The van der Waals surface area contributed by atoms with Crippen molar-refractivity contribution < 1.29 is 13.5 Å². The maximum absolute atomic E-state index is 13.8. The van der Waals surface area contributed by atoms with E-state index in [4.69, 9.17) is 16.3 Å². The number of halogens is 4. The minimum absolute atomic E-state index is 0.219. The van der Waals surface area contributed by atoms with Gasteiger partial charge in [-0.05, 0) is 42.3 Å². The molecule has 5 heteroatoms. The zero-order valence-electron chi connectivity index (χ0n) is 10.0. The van der Waals surface area contributed by atoms with Crippen LogP contribution < -0.4 is 4.74 Å². The van der Waals surface area contributed by atoms with Gasteiger partial charge < -0.3 is 4.74 Å². The molecule has 0 bridgehead atoms. The normalized spacial score (nSPS) is 10.6. The summed E-state index contributed by atoms with van der Waals surface area (Å²) in [6.45, 7) is 1.86. The highest BCUT2D eigenvalue weighted by molar-refractivity contribution is 9.08. The van der Waals surface area contributed by atoms with Gasteiger partial charge in [0.25, 0.3) is 0 Å². The van der Waals surface area contributed by atoms with Crippen LogP contribution in [0.25, 0.3) is 0 Å². The first-order chi connectivity index (χ1) is 9.01. The van der Waals surface area contributed by atoms with Crippen molar-refractivity contribution in [3.8, 4) is 11.5 Å². The van der Waals surface area contributed by atoms with Gasteiger partial charge in [0.2, 0.25) is 0 Å². The second-order valence-corrected chi connectivity index (χ2v) is 5.03. The van der Waals surface area contributed by atoms with Crippen LogP contribution in [0, 0.1) is 18.6 Å². The standard InChI is InChI=1S/C14H10BrClF2O/c1-8-2-3-13(10(16)4-8)19-14-11(17)5-9(7-15)6-12(14)18/h2-6H,7H2,1H3. The van der Waals surface area contributed by atoms with E-state index in [1.165, 1.54) is 12.1 Å². The summed E-state index contributed by atoms with van der Waals surface area (Å²) in [4.78, 5) is 0. The van der Waals surface area contributed by atoms with Crippen molar-refractivity contribution in [2.45, 2.75) is 12.3 Å². The van der Waals surface area contributed by atoms with E-state index in [-0.39, 0.29) is 5.75 Å². The first-order valence-corrected chi connectivity index (χ1v) is 6.99. The zero-order valence-corrected chi connectivity index (χ0v) is 12.4. The van der Waals surface area contributed by atoms with Gasteiger partial charge >= 0.3 is 0 Å². The van der Waals surface area contributed by atoms with E-state index >= 15 is 0 Å². The van der Waals surface area contributed by atoms with Crippen LogP contribution in [0.2, 0.25) is 5.02 Å². The monoisotopic (exact) mass is 346 g/mol. The van der Waals surface area contributed by atoms with Crippen molar-refractivity contribution in [3.05, 3.63) is 58.1 Å². The van der Waals surface area contributed by atoms with Crippen molar-refractivity contribution in [3.63, 3.8) is 0 Å². The topological polar surface area (TPSA) is 9.23 Å². The maximum atomic E-state index is 13.8. The third kappa shape index (κ3) is 3.25. The quantitative estimate of drug-likeness (QED) is 0.655. The molecular formula is C14H10BrClF2O. The average molecular weight is 348 g/mol. The van der Waals surface area contributed by atoms with Gasteiger partial charge in [0, 0.05) is 5.33 Å². The Morgan fingerprint density at radius 2 is 1.79 bits per heavy atom. The molecule has 0 radical (unpaired) electrons. The van der Waals surface area contributed by atoms with Crippen molar-refractivity contribution in [1.29, 1.82) is 0 Å². The summed E-state index contributed by atoms with van der Waals surface area (Å²) in [7, 11) is 0. The lowest BCUT2D eigenvalue weighted by Crippen LogP contribution is -1.95. The number of benzene rings is 2. The summed E-state index contributed by atoms with van der Waals surface area (Å²) in [5, 5.41) is 0.676.